The Morgan fingerprint density at radius 2 is 1.18 bits per heavy atom. The van der Waals surface area contributed by atoms with Gasteiger partial charge in [0.25, 0.3) is 0 Å². The first-order valence-corrected chi connectivity index (χ1v) is 21.1. The van der Waals surface area contributed by atoms with Gasteiger partial charge in [-0.15, -0.1) is 0 Å². The number of benzene rings is 4. The number of nitrogen functional groups attached to an aromatic ring is 1. The molecular formula is C41H36F2N8O4S2. The van der Waals surface area contributed by atoms with E-state index in [4.69, 9.17) is 11.5 Å². The number of nitrogens with zero attached hydrogens (tertiary/aromatic N) is 5. The molecule has 0 spiro atoms. The molecule has 0 aliphatic rings. The van der Waals surface area contributed by atoms with Crippen LogP contribution in [0.25, 0.3) is 44.3 Å². The molecule has 3 heterocycles. The molecule has 0 bridgehead atoms. The minimum atomic E-state index is -3.60. The van der Waals surface area contributed by atoms with E-state index in [2.05, 4.69) is 25.3 Å². The Hall–Kier alpha value is -6.41. The third kappa shape index (κ3) is 8.41. The highest BCUT2D eigenvalue weighted by Crippen LogP contribution is 2.37. The number of pyridine rings is 2. The summed E-state index contributed by atoms with van der Waals surface area (Å²) >= 11 is 0. The predicted octanol–water partition coefficient (Wildman–Crippen LogP) is 7.33. The van der Waals surface area contributed by atoms with E-state index < -0.39 is 37.4 Å². The summed E-state index contributed by atoms with van der Waals surface area (Å²) in [4.78, 5) is 17.1. The van der Waals surface area contributed by atoms with Gasteiger partial charge in [-0.1, -0.05) is 60.7 Å². The first kappa shape index (κ1) is 40.3. The topological polar surface area (TPSA) is 208 Å². The lowest BCUT2D eigenvalue weighted by Gasteiger charge is -2.21. The zero-order chi connectivity index (χ0) is 41.2. The van der Waals surface area contributed by atoms with Gasteiger partial charge in [-0.3, -0.25) is 0 Å². The lowest BCUT2D eigenvalue weighted by molar-refractivity contribution is 0.600. The van der Waals surface area contributed by atoms with E-state index in [1.807, 2.05) is 6.07 Å². The highest BCUT2D eigenvalue weighted by molar-refractivity contribution is 7.91. The van der Waals surface area contributed by atoms with Crippen LogP contribution in [0.4, 0.5) is 20.4 Å². The van der Waals surface area contributed by atoms with Gasteiger partial charge in [-0.25, -0.2) is 45.6 Å². The fourth-order valence-electron chi connectivity index (χ4n) is 6.34. The summed E-state index contributed by atoms with van der Waals surface area (Å²) in [5.74, 6) is -0.724. The van der Waals surface area contributed by atoms with Crippen molar-refractivity contribution in [3.63, 3.8) is 0 Å². The molecule has 0 radical (unpaired) electrons. The van der Waals surface area contributed by atoms with E-state index in [0.29, 0.717) is 44.4 Å². The van der Waals surface area contributed by atoms with Crippen LogP contribution in [0.1, 0.15) is 42.6 Å². The number of fused-ring (bicyclic) bond motifs is 2. The van der Waals surface area contributed by atoms with Crippen LogP contribution >= 0.6 is 0 Å². The molecule has 5 N–H and O–H groups in total. The summed E-state index contributed by atoms with van der Waals surface area (Å²) in [7, 11) is -7.06. The number of sulfone groups is 2. The number of nitrogens with one attached hydrogen (secondary N) is 1. The van der Waals surface area contributed by atoms with E-state index in [0.717, 1.165) is 12.5 Å². The minimum absolute atomic E-state index is 0.0311. The first-order chi connectivity index (χ1) is 27.0. The van der Waals surface area contributed by atoms with E-state index >= 15 is 0 Å². The third-order valence-electron chi connectivity index (χ3n) is 9.03. The highest BCUT2D eigenvalue weighted by Gasteiger charge is 2.24. The lowest BCUT2D eigenvalue weighted by Crippen LogP contribution is -2.13. The number of hydrogen-bond donors (Lipinski definition) is 3. The van der Waals surface area contributed by atoms with Crippen LogP contribution in [-0.2, 0) is 19.7 Å². The standard InChI is InChI=1S/C23H19FN6O2S.C18H17FN2O2S/c1-13(29-23-17(11-25)22(26)27-12-28-23)16-10-14-6-5-8-18(24)20(14)30-21(16)15-7-3-4-9-19(15)33(2,31)32;1-11(20)14-10-12-6-5-8-15(19)17(12)21-18(14)13-7-3-4-9-16(13)24(2,22)23/h3-10,12-13H,1-2H3,(H3,26,27,28,29);3-11H,20H2,1-2H3/t13-;11-/m00/s1. The van der Waals surface area contributed by atoms with Crippen molar-refractivity contribution in [2.75, 3.05) is 23.6 Å². The smallest absolute Gasteiger partial charge is 0.176 e. The molecule has 0 aliphatic heterocycles. The van der Waals surface area contributed by atoms with Gasteiger partial charge in [0.1, 0.15) is 52.3 Å². The van der Waals surface area contributed by atoms with Crippen LogP contribution in [0.2, 0.25) is 0 Å². The summed E-state index contributed by atoms with van der Waals surface area (Å²) in [5.41, 5.74) is 15.0. The fourth-order valence-corrected chi connectivity index (χ4v) is 8.12. The summed E-state index contributed by atoms with van der Waals surface area (Å²) in [6.07, 6.45) is 3.48. The Morgan fingerprint density at radius 1 is 0.702 bits per heavy atom. The summed E-state index contributed by atoms with van der Waals surface area (Å²) in [6.45, 7) is 3.59. The van der Waals surface area contributed by atoms with Crippen molar-refractivity contribution in [2.45, 2.75) is 35.7 Å². The molecule has 0 aliphatic carbocycles. The maximum Gasteiger partial charge on any atom is 0.176 e. The predicted molar refractivity (Wildman–Crippen MR) is 216 cm³/mol. The Balaban J connectivity index is 0.000000203. The van der Waals surface area contributed by atoms with Crippen molar-refractivity contribution in [2.24, 2.45) is 5.73 Å². The van der Waals surface area contributed by atoms with Crippen LogP contribution < -0.4 is 16.8 Å². The number of hydrogen-bond acceptors (Lipinski definition) is 12. The van der Waals surface area contributed by atoms with Gasteiger partial charge in [0.2, 0.25) is 0 Å². The average Bonchev–Trinajstić information content (AvgIpc) is 3.17. The van der Waals surface area contributed by atoms with Gasteiger partial charge in [0, 0.05) is 46.0 Å². The fraction of sp³-hybridized carbons (Fsp3) is 0.146. The van der Waals surface area contributed by atoms with Gasteiger partial charge < -0.3 is 16.8 Å². The second-order valence-electron chi connectivity index (χ2n) is 13.3. The summed E-state index contributed by atoms with van der Waals surface area (Å²) in [6, 6.07) is 26.9. The molecule has 7 aromatic rings. The van der Waals surface area contributed by atoms with E-state index in [1.165, 1.54) is 30.6 Å². The molecule has 7 rings (SSSR count). The Bertz CT molecular complexity index is 2960. The zero-order valence-corrected chi connectivity index (χ0v) is 32.7. The average molecular weight is 807 g/mol. The number of para-hydroxylation sites is 2. The quantitative estimate of drug-likeness (QED) is 0.138. The molecule has 0 saturated heterocycles. The first-order valence-electron chi connectivity index (χ1n) is 17.3. The van der Waals surface area contributed by atoms with Crippen LogP contribution in [0, 0.1) is 23.0 Å². The summed E-state index contributed by atoms with van der Waals surface area (Å²) in [5, 5.41) is 13.7. The van der Waals surface area contributed by atoms with Crippen molar-refractivity contribution in [3.05, 3.63) is 132 Å². The highest BCUT2D eigenvalue weighted by atomic mass is 32.2. The second-order valence-corrected chi connectivity index (χ2v) is 17.2. The molecule has 290 valence electrons. The number of nitriles is 1. The van der Waals surface area contributed by atoms with Crippen LogP contribution in [0.3, 0.4) is 0 Å². The second kappa shape index (κ2) is 16.0. The van der Waals surface area contributed by atoms with Crippen molar-refractivity contribution >= 4 is 53.1 Å². The zero-order valence-electron chi connectivity index (χ0n) is 31.1. The van der Waals surface area contributed by atoms with Gasteiger partial charge >= 0.3 is 0 Å². The molecule has 4 aromatic carbocycles. The van der Waals surface area contributed by atoms with E-state index in [-0.39, 0.29) is 44.1 Å². The number of halogens is 2. The molecule has 0 saturated carbocycles. The van der Waals surface area contributed by atoms with Crippen molar-refractivity contribution in [1.29, 1.82) is 5.26 Å². The van der Waals surface area contributed by atoms with Crippen LogP contribution in [0.15, 0.2) is 113 Å². The number of anilines is 2. The molecule has 3 aromatic heterocycles. The SMILES string of the molecule is C[C@H](N)c1cc2cccc(F)c2nc1-c1ccccc1S(C)(=O)=O.C[C@H](Nc1ncnc(N)c1C#N)c1cc2cccc(F)c2nc1-c1ccccc1S(C)(=O)=O. The molecule has 57 heavy (non-hydrogen) atoms. The maximum atomic E-state index is 14.6. The molecule has 16 heteroatoms. The third-order valence-corrected chi connectivity index (χ3v) is 11.3. The van der Waals surface area contributed by atoms with Gasteiger partial charge in [0.05, 0.1) is 27.2 Å². The number of aromatic nitrogens is 4. The minimum Gasteiger partial charge on any atom is -0.382 e. The van der Waals surface area contributed by atoms with Crippen LogP contribution in [0.5, 0.6) is 0 Å². The van der Waals surface area contributed by atoms with Crippen molar-refractivity contribution < 1.29 is 25.6 Å². The normalized spacial score (nSPS) is 12.7. The molecule has 12 nitrogen and oxygen atoms in total. The Morgan fingerprint density at radius 3 is 1.65 bits per heavy atom. The Labute approximate surface area is 328 Å². The van der Waals surface area contributed by atoms with Crippen molar-refractivity contribution in [1.82, 2.24) is 19.9 Å². The van der Waals surface area contributed by atoms with E-state index in [1.54, 1.807) is 86.6 Å². The van der Waals surface area contributed by atoms with Gasteiger partial charge in [0.15, 0.2) is 19.7 Å². The summed E-state index contributed by atoms with van der Waals surface area (Å²) < 4.78 is 77.9. The van der Waals surface area contributed by atoms with E-state index in [9.17, 15) is 30.9 Å². The number of nitrogens with two attached hydrogens (primary N) is 2. The molecule has 0 unspecified atom stereocenters. The number of rotatable bonds is 8. The monoisotopic (exact) mass is 806 g/mol. The molecule has 0 amide bonds. The molecular weight excluding hydrogens is 771 g/mol. The van der Waals surface area contributed by atoms with Crippen molar-refractivity contribution in [3.8, 4) is 28.6 Å². The largest absolute Gasteiger partial charge is 0.382 e. The lowest BCUT2D eigenvalue weighted by atomic mass is 9.98. The van der Waals surface area contributed by atoms with Gasteiger partial charge in [-0.05, 0) is 55.8 Å². The van der Waals surface area contributed by atoms with Crippen LogP contribution in [-0.4, -0.2) is 49.3 Å². The molecule has 0 fully saturated rings. The Kier molecular flexibility index (Phi) is 11.3. The van der Waals surface area contributed by atoms with Gasteiger partial charge in [-0.2, -0.15) is 5.26 Å². The maximum absolute atomic E-state index is 14.6. The molecule has 2 atom stereocenters.